The summed E-state index contributed by atoms with van der Waals surface area (Å²) in [4.78, 5) is 19.1. The maximum atomic E-state index is 13.0. The molecule has 0 spiro atoms. The van der Waals surface area contributed by atoms with Crippen LogP contribution in [-0.2, 0) is 6.54 Å². The van der Waals surface area contributed by atoms with Crippen LogP contribution in [0.25, 0.3) is 10.2 Å². The molecule has 0 aliphatic heterocycles. The maximum absolute atomic E-state index is 13.0. The minimum Gasteiger partial charge on any atom is -0.497 e. The molecular weight excluding hydrogens is 354 g/mol. The van der Waals surface area contributed by atoms with Crippen molar-refractivity contribution in [1.82, 2.24) is 10.1 Å². The van der Waals surface area contributed by atoms with E-state index < -0.39 is 0 Å². The molecule has 1 amide bonds. The highest BCUT2D eigenvalue weighted by molar-refractivity contribution is 7.22. The molecule has 1 aromatic carbocycles. The van der Waals surface area contributed by atoms with E-state index >= 15 is 0 Å². The Morgan fingerprint density at radius 2 is 2.19 bits per heavy atom. The van der Waals surface area contributed by atoms with Crippen molar-refractivity contribution < 1.29 is 18.5 Å². The number of benzene rings is 1. The lowest BCUT2D eigenvalue weighted by Crippen LogP contribution is -2.30. The summed E-state index contributed by atoms with van der Waals surface area (Å²) in [5.41, 5.74) is 0.990. The van der Waals surface area contributed by atoms with Gasteiger partial charge in [-0.1, -0.05) is 16.5 Å². The average Bonchev–Trinajstić information content (AvgIpc) is 3.38. The fraction of sp³-hybridized carbons (Fsp3) is 0.167. The van der Waals surface area contributed by atoms with E-state index in [0.29, 0.717) is 22.4 Å². The molecule has 0 aliphatic carbocycles. The van der Waals surface area contributed by atoms with Crippen LogP contribution >= 0.6 is 11.3 Å². The molecule has 132 valence electrons. The molecule has 0 unspecified atom stereocenters. The molecule has 3 heterocycles. The van der Waals surface area contributed by atoms with Crippen molar-refractivity contribution in [2.45, 2.75) is 13.5 Å². The number of furan rings is 1. The average molecular weight is 369 g/mol. The quantitative estimate of drug-likeness (QED) is 0.528. The van der Waals surface area contributed by atoms with Crippen LogP contribution in [0, 0.1) is 6.92 Å². The molecule has 3 aromatic heterocycles. The number of fused-ring (bicyclic) bond motifs is 1. The summed E-state index contributed by atoms with van der Waals surface area (Å²) in [5, 5.41) is 4.38. The molecule has 26 heavy (non-hydrogen) atoms. The minimum atomic E-state index is -0.302. The molecule has 0 N–H and O–H groups in total. The molecule has 0 bridgehead atoms. The number of thiazole rings is 1. The smallest absolute Gasteiger partial charge is 0.282 e. The Bertz CT molecular complexity index is 1050. The summed E-state index contributed by atoms with van der Waals surface area (Å²) in [6.45, 7) is 1.99. The monoisotopic (exact) mass is 369 g/mol. The molecule has 7 nitrogen and oxygen atoms in total. The standard InChI is InChI=1S/C18H15N3O4S/c1-11-8-15(20-25-11)17(22)21(10-13-4-3-7-24-13)18-19-14-9-12(23-2)5-6-16(14)26-18/h3-9H,10H2,1-2H3. The lowest BCUT2D eigenvalue weighted by Gasteiger charge is -2.17. The second-order valence-electron chi connectivity index (χ2n) is 5.62. The van der Waals surface area contributed by atoms with Gasteiger partial charge in [-0.25, -0.2) is 4.98 Å². The van der Waals surface area contributed by atoms with Crippen LogP contribution in [-0.4, -0.2) is 23.2 Å². The molecular formula is C18H15N3O4S. The van der Waals surface area contributed by atoms with Gasteiger partial charge in [-0.05, 0) is 31.2 Å². The van der Waals surface area contributed by atoms with Gasteiger partial charge < -0.3 is 13.7 Å². The fourth-order valence-corrected chi connectivity index (χ4v) is 3.47. The Hall–Kier alpha value is -3.13. The number of hydrogen-bond donors (Lipinski definition) is 0. The van der Waals surface area contributed by atoms with Crippen LogP contribution in [0.15, 0.2) is 51.6 Å². The molecule has 0 saturated carbocycles. The number of nitrogens with zero attached hydrogens (tertiary/aromatic N) is 3. The van der Waals surface area contributed by atoms with Crippen molar-refractivity contribution in [3.63, 3.8) is 0 Å². The Labute approximate surface area is 152 Å². The van der Waals surface area contributed by atoms with Gasteiger partial charge in [-0.2, -0.15) is 0 Å². The van der Waals surface area contributed by atoms with Crippen molar-refractivity contribution in [3.05, 3.63) is 59.9 Å². The van der Waals surface area contributed by atoms with Crippen molar-refractivity contribution in [2.24, 2.45) is 0 Å². The largest absolute Gasteiger partial charge is 0.497 e. The second-order valence-corrected chi connectivity index (χ2v) is 6.63. The number of rotatable bonds is 5. The van der Waals surface area contributed by atoms with Crippen LogP contribution in [0.5, 0.6) is 5.75 Å². The molecule has 8 heteroatoms. The number of carbonyl (C=O) groups excluding carboxylic acids is 1. The molecule has 0 saturated heterocycles. The zero-order valence-corrected chi connectivity index (χ0v) is 14.9. The van der Waals surface area contributed by atoms with Gasteiger partial charge in [0.25, 0.3) is 5.91 Å². The zero-order chi connectivity index (χ0) is 18.1. The fourth-order valence-electron chi connectivity index (χ4n) is 2.53. The Kier molecular flexibility index (Phi) is 4.18. The third-order valence-electron chi connectivity index (χ3n) is 3.80. The number of anilines is 1. The maximum Gasteiger partial charge on any atom is 0.282 e. The molecule has 0 radical (unpaired) electrons. The normalized spacial score (nSPS) is 11.0. The lowest BCUT2D eigenvalue weighted by molar-refractivity contribution is 0.0974. The molecule has 0 fully saturated rings. The summed E-state index contributed by atoms with van der Waals surface area (Å²) in [6, 6.07) is 10.8. The summed E-state index contributed by atoms with van der Waals surface area (Å²) in [7, 11) is 1.61. The third kappa shape index (κ3) is 3.06. The third-order valence-corrected chi connectivity index (χ3v) is 4.86. The second kappa shape index (κ2) is 6.64. The van der Waals surface area contributed by atoms with Crippen molar-refractivity contribution in [3.8, 4) is 5.75 Å². The summed E-state index contributed by atoms with van der Waals surface area (Å²) in [5.74, 6) is 1.63. The summed E-state index contributed by atoms with van der Waals surface area (Å²) >= 11 is 1.41. The first-order chi connectivity index (χ1) is 12.6. The minimum absolute atomic E-state index is 0.228. The highest BCUT2D eigenvalue weighted by atomic mass is 32.1. The molecule has 4 rings (SSSR count). The summed E-state index contributed by atoms with van der Waals surface area (Å²) in [6.07, 6.45) is 1.57. The van der Waals surface area contributed by atoms with E-state index in [9.17, 15) is 4.79 Å². The number of methoxy groups -OCH3 is 1. The highest BCUT2D eigenvalue weighted by Crippen LogP contribution is 2.32. The van der Waals surface area contributed by atoms with Gasteiger partial charge >= 0.3 is 0 Å². The van der Waals surface area contributed by atoms with E-state index in [1.165, 1.54) is 16.2 Å². The predicted molar refractivity (Wildman–Crippen MR) is 96.6 cm³/mol. The number of carbonyl (C=O) groups is 1. The van der Waals surface area contributed by atoms with E-state index in [4.69, 9.17) is 13.7 Å². The molecule has 4 aromatic rings. The van der Waals surface area contributed by atoms with E-state index in [1.54, 1.807) is 32.4 Å². The topological polar surface area (TPSA) is 81.6 Å². The number of aromatic nitrogens is 2. The number of aryl methyl sites for hydroxylation is 1. The van der Waals surface area contributed by atoms with E-state index in [1.807, 2.05) is 24.3 Å². The first kappa shape index (κ1) is 16.3. The predicted octanol–water partition coefficient (Wildman–Crippen LogP) is 4.04. The number of hydrogen-bond acceptors (Lipinski definition) is 7. The highest BCUT2D eigenvalue weighted by Gasteiger charge is 2.25. The van der Waals surface area contributed by atoms with Crippen LogP contribution in [0.3, 0.4) is 0 Å². The number of amides is 1. The van der Waals surface area contributed by atoms with Gasteiger partial charge in [0.2, 0.25) is 0 Å². The van der Waals surface area contributed by atoms with Gasteiger partial charge in [0.15, 0.2) is 10.8 Å². The van der Waals surface area contributed by atoms with Crippen LogP contribution < -0.4 is 9.64 Å². The molecule has 0 atom stereocenters. The first-order valence-electron chi connectivity index (χ1n) is 7.86. The first-order valence-corrected chi connectivity index (χ1v) is 8.68. The van der Waals surface area contributed by atoms with Gasteiger partial charge in [0, 0.05) is 12.1 Å². The van der Waals surface area contributed by atoms with Crippen molar-refractivity contribution >= 4 is 32.6 Å². The lowest BCUT2D eigenvalue weighted by atomic mass is 10.3. The SMILES string of the molecule is COc1ccc2sc(N(Cc3ccco3)C(=O)c3cc(C)on3)nc2c1. The van der Waals surface area contributed by atoms with E-state index in [2.05, 4.69) is 10.1 Å². The Morgan fingerprint density at radius 3 is 2.88 bits per heavy atom. The van der Waals surface area contributed by atoms with Crippen LogP contribution in [0.2, 0.25) is 0 Å². The molecule has 0 aliphatic rings. The van der Waals surface area contributed by atoms with Crippen molar-refractivity contribution in [1.29, 1.82) is 0 Å². The van der Waals surface area contributed by atoms with Crippen LogP contribution in [0.1, 0.15) is 22.0 Å². The van der Waals surface area contributed by atoms with Crippen LogP contribution in [0.4, 0.5) is 5.13 Å². The summed E-state index contributed by atoms with van der Waals surface area (Å²) < 4.78 is 16.6. The van der Waals surface area contributed by atoms with E-state index in [-0.39, 0.29) is 18.1 Å². The van der Waals surface area contributed by atoms with Gasteiger partial charge in [0.1, 0.15) is 17.3 Å². The van der Waals surface area contributed by atoms with Gasteiger partial charge in [-0.3, -0.25) is 9.69 Å². The Balaban J connectivity index is 1.75. The Morgan fingerprint density at radius 1 is 1.31 bits per heavy atom. The van der Waals surface area contributed by atoms with Gasteiger partial charge in [-0.15, -0.1) is 0 Å². The van der Waals surface area contributed by atoms with E-state index in [0.717, 1.165) is 10.2 Å². The number of ether oxygens (including phenoxy) is 1. The van der Waals surface area contributed by atoms with Crippen molar-refractivity contribution in [2.75, 3.05) is 12.0 Å². The van der Waals surface area contributed by atoms with Gasteiger partial charge in [0.05, 0.1) is 30.1 Å². The zero-order valence-electron chi connectivity index (χ0n) is 14.1.